The van der Waals surface area contributed by atoms with Crippen LogP contribution in [-0.4, -0.2) is 18.2 Å². The average Bonchev–Trinajstić information content (AvgIpc) is 2.54. The zero-order valence-electron chi connectivity index (χ0n) is 14.8. The van der Waals surface area contributed by atoms with Gasteiger partial charge in [-0.3, -0.25) is 4.90 Å². The van der Waals surface area contributed by atoms with E-state index in [4.69, 9.17) is 10.5 Å². The first-order chi connectivity index (χ1) is 11.3. The molecule has 2 aromatic carbocycles. The predicted octanol–water partition coefficient (Wildman–Crippen LogP) is 3.61. The smallest absolute Gasteiger partial charge is 0.149 e. The topological polar surface area (TPSA) is 62.3 Å². The number of ether oxygens (including phenoxy) is 1. The number of nitrogens with zero attached hydrogens (tertiary/aromatic N) is 2. The van der Waals surface area contributed by atoms with Crippen molar-refractivity contribution in [3.63, 3.8) is 0 Å². The molecule has 4 nitrogen and oxygen atoms in total. The van der Waals surface area contributed by atoms with Gasteiger partial charge in [0.25, 0.3) is 0 Å². The first kappa shape index (κ1) is 18.0. The normalized spacial score (nSPS) is 12.7. The van der Waals surface area contributed by atoms with E-state index in [1.165, 1.54) is 5.56 Å². The van der Waals surface area contributed by atoms with Crippen molar-refractivity contribution in [2.24, 2.45) is 5.73 Å². The maximum absolute atomic E-state index is 9.41. The molecule has 2 rings (SSSR count). The SMILES string of the molecule is CC(Oc1c(C#N)cccc1C(C)(C)N)N(C)Cc1ccccc1. The van der Waals surface area contributed by atoms with Crippen molar-refractivity contribution in [1.82, 2.24) is 4.90 Å². The maximum atomic E-state index is 9.41. The van der Waals surface area contributed by atoms with E-state index in [-0.39, 0.29) is 6.23 Å². The molecule has 0 saturated carbocycles. The Bertz CT molecular complexity index is 714. The van der Waals surface area contributed by atoms with Crippen molar-refractivity contribution < 1.29 is 4.74 Å². The van der Waals surface area contributed by atoms with Gasteiger partial charge in [-0.1, -0.05) is 42.5 Å². The molecule has 0 aliphatic rings. The zero-order chi connectivity index (χ0) is 17.7. The lowest BCUT2D eigenvalue weighted by atomic mass is 9.93. The van der Waals surface area contributed by atoms with Crippen LogP contribution in [0.5, 0.6) is 5.75 Å². The van der Waals surface area contributed by atoms with Crippen molar-refractivity contribution >= 4 is 0 Å². The highest BCUT2D eigenvalue weighted by atomic mass is 16.5. The second-order valence-electron chi connectivity index (χ2n) is 6.63. The van der Waals surface area contributed by atoms with Crippen LogP contribution in [0.25, 0.3) is 0 Å². The molecule has 4 heteroatoms. The van der Waals surface area contributed by atoms with E-state index in [9.17, 15) is 5.26 Å². The van der Waals surface area contributed by atoms with Crippen molar-refractivity contribution in [1.29, 1.82) is 5.26 Å². The van der Waals surface area contributed by atoms with Crippen LogP contribution in [0.2, 0.25) is 0 Å². The van der Waals surface area contributed by atoms with Gasteiger partial charge in [0.15, 0.2) is 0 Å². The van der Waals surface area contributed by atoms with Crippen LogP contribution >= 0.6 is 0 Å². The molecular weight excluding hydrogens is 298 g/mol. The first-order valence-corrected chi connectivity index (χ1v) is 8.06. The Labute approximate surface area is 144 Å². The third kappa shape index (κ3) is 4.35. The van der Waals surface area contributed by atoms with Gasteiger partial charge in [-0.2, -0.15) is 5.26 Å². The summed E-state index contributed by atoms with van der Waals surface area (Å²) in [6, 6.07) is 17.9. The third-order valence-electron chi connectivity index (χ3n) is 4.01. The number of rotatable bonds is 6. The number of nitrogens with two attached hydrogens (primary N) is 1. The van der Waals surface area contributed by atoms with Gasteiger partial charge in [0.1, 0.15) is 18.0 Å². The molecule has 1 unspecified atom stereocenters. The van der Waals surface area contributed by atoms with E-state index in [0.29, 0.717) is 11.3 Å². The second kappa shape index (κ2) is 7.48. The Hall–Kier alpha value is -2.35. The molecule has 0 spiro atoms. The number of para-hydroxylation sites is 1. The minimum atomic E-state index is -0.583. The molecule has 24 heavy (non-hydrogen) atoms. The van der Waals surface area contributed by atoms with Crippen molar-refractivity contribution in [3.8, 4) is 11.8 Å². The van der Waals surface area contributed by atoms with Crippen LogP contribution in [0.3, 0.4) is 0 Å². The molecule has 0 fully saturated rings. The number of hydrogen-bond donors (Lipinski definition) is 1. The standard InChI is InChI=1S/C20H25N3O/c1-15(23(4)14-16-9-6-5-7-10-16)24-19-17(13-21)11-8-12-18(19)20(2,3)22/h5-12,15H,14,22H2,1-4H3. The van der Waals surface area contributed by atoms with Crippen LogP contribution in [0.1, 0.15) is 37.5 Å². The maximum Gasteiger partial charge on any atom is 0.149 e. The summed E-state index contributed by atoms with van der Waals surface area (Å²) in [5.41, 5.74) is 8.22. The second-order valence-corrected chi connectivity index (χ2v) is 6.63. The van der Waals surface area contributed by atoms with Crippen molar-refractivity contribution in [3.05, 3.63) is 65.2 Å². The fourth-order valence-corrected chi connectivity index (χ4v) is 2.52. The van der Waals surface area contributed by atoms with Gasteiger partial charge in [0.05, 0.1) is 5.56 Å². The molecule has 126 valence electrons. The Morgan fingerprint density at radius 1 is 1.17 bits per heavy atom. The summed E-state index contributed by atoms with van der Waals surface area (Å²) in [6.07, 6.45) is -0.194. The van der Waals surface area contributed by atoms with Crippen LogP contribution < -0.4 is 10.5 Å². The quantitative estimate of drug-likeness (QED) is 0.825. The molecule has 1 atom stereocenters. The first-order valence-electron chi connectivity index (χ1n) is 8.06. The van der Waals surface area contributed by atoms with Crippen LogP contribution in [0.15, 0.2) is 48.5 Å². The number of benzene rings is 2. The molecule has 2 N–H and O–H groups in total. The van der Waals surface area contributed by atoms with Gasteiger partial charge in [0.2, 0.25) is 0 Å². The molecule has 2 aromatic rings. The Balaban J connectivity index is 2.22. The Morgan fingerprint density at radius 3 is 2.42 bits per heavy atom. The molecule has 0 heterocycles. The lowest BCUT2D eigenvalue weighted by Gasteiger charge is -2.29. The van der Waals surface area contributed by atoms with Gasteiger partial charge in [-0.25, -0.2) is 0 Å². The number of hydrogen-bond acceptors (Lipinski definition) is 4. The summed E-state index contributed by atoms with van der Waals surface area (Å²) < 4.78 is 6.15. The van der Waals surface area contributed by atoms with E-state index >= 15 is 0 Å². The zero-order valence-corrected chi connectivity index (χ0v) is 14.8. The van der Waals surface area contributed by atoms with Gasteiger partial charge >= 0.3 is 0 Å². The molecule has 0 amide bonds. The molecule has 0 aliphatic heterocycles. The summed E-state index contributed by atoms with van der Waals surface area (Å²) in [6.45, 7) is 6.56. The van der Waals surface area contributed by atoms with E-state index in [1.807, 2.05) is 58.2 Å². The monoisotopic (exact) mass is 323 g/mol. The summed E-state index contributed by atoms with van der Waals surface area (Å²) in [5.74, 6) is 0.569. The van der Waals surface area contributed by atoms with E-state index < -0.39 is 5.54 Å². The van der Waals surface area contributed by atoms with Crippen LogP contribution in [0, 0.1) is 11.3 Å². The Kier molecular flexibility index (Phi) is 5.61. The summed E-state index contributed by atoms with van der Waals surface area (Å²) in [7, 11) is 2.00. The van der Waals surface area contributed by atoms with E-state index in [2.05, 4.69) is 23.1 Å². The fourth-order valence-electron chi connectivity index (χ4n) is 2.52. The minimum Gasteiger partial charge on any atom is -0.474 e. The molecule has 0 bridgehead atoms. The molecule has 0 saturated heterocycles. The van der Waals surface area contributed by atoms with E-state index in [0.717, 1.165) is 12.1 Å². The van der Waals surface area contributed by atoms with Gasteiger partial charge in [-0.15, -0.1) is 0 Å². The largest absolute Gasteiger partial charge is 0.474 e. The summed E-state index contributed by atoms with van der Waals surface area (Å²) in [4.78, 5) is 2.09. The highest BCUT2D eigenvalue weighted by Gasteiger charge is 2.24. The molecule has 0 aromatic heterocycles. The van der Waals surface area contributed by atoms with E-state index in [1.54, 1.807) is 6.07 Å². The fraction of sp³-hybridized carbons (Fsp3) is 0.350. The van der Waals surface area contributed by atoms with Crippen molar-refractivity contribution in [2.75, 3.05) is 7.05 Å². The van der Waals surface area contributed by atoms with Gasteiger partial charge < -0.3 is 10.5 Å². The molecule has 0 radical (unpaired) electrons. The van der Waals surface area contributed by atoms with Crippen LogP contribution in [0.4, 0.5) is 0 Å². The summed E-state index contributed by atoms with van der Waals surface area (Å²) in [5, 5.41) is 9.41. The van der Waals surface area contributed by atoms with Gasteiger partial charge in [0, 0.05) is 17.6 Å². The third-order valence-corrected chi connectivity index (χ3v) is 4.01. The lowest BCUT2D eigenvalue weighted by Crippen LogP contribution is -2.35. The van der Waals surface area contributed by atoms with Crippen molar-refractivity contribution in [2.45, 2.75) is 39.1 Å². The minimum absolute atomic E-state index is 0.194. The average molecular weight is 323 g/mol. The molecule has 0 aliphatic carbocycles. The highest BCUT2D eigenvalue weighted by Crippen LogP contribution is 2.32. The van der Waals surface area contributed by atoms with Crippen LogP contribution in [-0.2, 0) is 12.1 Å². The van der Waals surface area contributed by atoms with Gasteiger partial charge in [-0.05, 0) is 39.4 Å². The summed E-state index contributed by atoms with van der Waals surface area (Å²) >= 11 is 0. The Morgan fingerprint density at radius 2 is 1.83 bits per heavy atom. The lowest BCUT2D eigenvalue weighted by molar-refractivity contribution is 0.0531. The molecular formula is C20H25N3O. The predicted molar refractivity (Wildman–Crippen MR) is 96.4 cm³/mol. The highest BCUT2D eigenvalue weighted by molar-refractivity contribution is 5.51. The number of nitriles is 1.